The first-order valence-corrected chi connectivity index (χ1v) is 10.2. The summed E-state index contributed by atoms with van der Waals surface area (Å²) in [6, 6.07) is 8.49. The summed E-state index contributed by atoms with van der Waals surface area (Å²) in [5.41, 5.74) is 0.370. The highest BCUT2D eigenvalue weighted by atomic mass is 16.5. The molecule has 0 aliphatic rings. The molecule has 2 rings (SSSR count). The highest BCUT2D eigenvalue weighted by Gasteiger charge is 2.27. The van der Waals surface area contributed by atoms with Gasteiger partial charge in [0, 0.05) is 25.8 Å². The second-order valence-corrected chi connectivity index (χ2v) is 7.41. The fraction of sp³-hybridized carbons (Fsp3) is 0.478. The van der Waals surface area contributed by atoms with Crippen LogP contribution in [0.5, 0.6) is 11.5 Å². The van der Waals surface area contributed by atoms with E-state index in [4.69, 9.17) is 18.6 Å². The van der Waals surface area contributed by atoms with Gasteiger partial charge < -0.3 is 28.4 Å². The van der Waals surface area contributed by atoms with Crippen LogP contribution in [0.1, 0.15) is 35.7 Å². The van der Waals surface area contributed by atoms with Crippen LogP contribution < -0.4 is 9.47 Å². The molecule has 31 heavy (non-hydrogen) atoms. The van der Waals surface area contributed by atoms with Crippen LogP contribution in [0.15, 0.2) is 34.7 Å². The van der Waals surface area contributed by atoms with Crippen LogP contribution in [0.4, 0.5) is 0 Å². The van der Waals surface area contributed by atoms with Gasteiger partial charge in [-0.2, -0.15) is 0 Å². The van der Waals surface area contributed by atoms with Crippen molar-refractivity contribution in [2.75, 3.05) is 41.0 Å². The van der Waals surface area contributed by atoms with Gasteiger partial charge in [-0.3, -0.25) is 9.59 Å². The van der Waals surface area contributed by atoms with E-state index in [1.807, 2.05) is 32.9 Å². The van der Waals surface area contributed by atoms with Crippen LogP contribution in [-0.2, 0) is 16.1 Å². The Hall–Kier alpha value is -3.00. The summed E-state index contributed by atoms with van der Waals surface area (Å²) in [6.45, 7) is 6.60. The molecule has 0 spiro atoms. The van der Waals surface area contributed by atoms with Crippen molar-refractivity contribution >= 4 is 11.8 Å². The first kappa shape index (κ1) is 24.3. The summed E-state index contributed by atoms with van der Waals surface area (Å²) in [7, 11) is 4.62. The minimum atomic E-state index is -0.289. The molecule has 0 fully saturated rings. The third-order valence-corrected chi connectivity index (χ3v) is 4.89. The number of nitrogens with zero attached hydrogens (tertiary/aromatic N) is 2. The molecule has 0 aliphatic carbocycles. The first-order valence-electron chi connectivity index (χ1n) is 10.2. The van der Waals surface area contributed by atoms with Gasteiger partial charge >= 0.3 is 0 Å². The molecule has 1 heterocycles. The fourth-order valence-corrected chi connectivity index (χ4v) is 3.12. The van der Waals surface area contributed by atoms with Crippen molar-refractivity contribution in [1.82, 2.24) is 9.80 Å². The predicted octanol–water partition coefficient (Wildman–Crippen LogP) is 3.13. The van der Waals surface area contributed by atoms with Gasteiger partial charge in [-0.15, -0.1) is 0 Å². The molecule has 1 aromatic heterocycles. The summed E-state index contributed by atoms with van der Waals surface area (Å²) in [5.74, 6) is 1.95. The van der Waals surface area contributed by atoms with E-state index < -0.39 is 0 Å². The van der Waals surface area contributed by atoms with E-state index in [1.165, 1.54) is 12.0 Å². The van der Waals surface area contributed by atoms with Crippen molar-refractivity contribution < 1.29 is 28.2 Å². The summed E-state index contributed by atoms with van der Waals surface area (Å²) >= 11 is 0. The number of furan rings is 1. The number of hydrogen-bond acceptors (Lipinski definition) is 6. The highest BCUT2D eigenvalue weighted by Crippen LogP contribution is 2.26. The Bertz CT molecular complexity index is 877. The van der Waals surface area contributed by atoms with Gasteiger partial charge in [0.15, 0.2) is 0 Å². The lowest BCUT2D eigenvalue weighted by molar-refractivity contribution is -0.133. The van der Waals surface area contributed by atoms with E-state index >= 15 is 0 Å². The number of aryl methyl sites for hydroxylation is 1. The van der Waals surface area contributed by atoms with Crippen LogP contribution in [-0.4, -0.2) is 68.7 Å². The van der Waals surface area contributed by atoms with Crippen molar-refractivity contribution in [3.05, 3.63) is 47.4 Å². The molecule has 2 amide bonds. The molecule has 0 N–H and O–H groups in total. The molecule has 0 saturated carbocycles. The highest BCUT2D eigenvalue weighted by molar-refractivity contribution is 5.99. The summed E-state index contributed by atoms with van der Waals surface area (Å²) in [6.07, 6.45) is 0. The number of carbonyl (C=O) groups excluding carboxylic acids is 2. The van der Waals surface area contributed by atoms with Gasteiger partial charge in [0.2, 0.25) is 5.91 Å². The second kappa shape index (κ2) is 11.4. The van der Waals surface area contributed by atoms with Crippen LogP contribution in [0.3, 0.4) is 0 Å². The quantitative estimate of drug-likeness (QED) is 0.543. The summed E-state index contributed by atoms with van der Waals surface area (Å²) < 4.78 is 21.4. The number of amides is 2. The third kappa shape index (κ3) is 6.49. The zero-order chi connectivity index (χ0) is 23.0. The first-order chi connectivity index (χ1) is 14.8. The average Bonchev–Trinajstić information content (AvgIpc) is 3.18. The smallest absolute Gasteiger partial charge is 0.258 e. The molecule has 0 saturated heterocycles. The fourth-order valence-electron chi connectivity index (χ4n) is 3.12. The standard InChI is InChI=1S/C23H32N2O6/c1-16(2)25(23(27)20-10-9-18(29-5)13-21(20)30-6)15-22(26)24(11-12-28-4)14-19-8-7-17(3)31-19/h7-10,13,16H,11-12,14-15H2,1-6H3. The van der Waals surface area contributed by atoms with Gasteiger partial charge in [0.05, 0.1) is 32.9 Å². The number of rotatable bonds is 11. The molecule has 0 bridgehead atoms. The maximum Gasteiger partial charge on any atom is 0.258 e. The number of benzene rings is 1. The van der Waals surface area contributed by atoms with Crippen LogP contribution in [0.2, 0.25) is 0 Å². The lowest BCUT2D eigenvalue weighted by Gasteiger charge is -2.30. The molecule has 8 heteroatoms. The lowest BCUT2D eigenvalue weighted by atomic mass is 10.1. The number of carbonyl (C=O) groups is 2. The van der Waals surface area contributed by atoms with E-state index in [0.29, 0.717) is 42.5 Å². The molecular formula is C23H32N2O6. The molecule has 0 aliphatic heterocycles. The minimum absolute atomic E-state index is 0.0743. The molecule has 0 atom stereocenters. The van der Waals surface area contributed by atoms with Crippen LogP contribution >= 0.6 is 0 Å². The Labute approximate surface area is 183 Å². The van der Waals surface area contributed by atoms with Crippen LogP contribution in [0.25, 0.3) is 0 Å². The molecule has 0 unspecified atom stereocenters. The Morgan fingerprint density at radius 3 is 2.35 bits per heavy atom. The predicted molar refractivity (Wildman–Crippen MR) is 116 cm³/mol. The Balaban J connectivity index is 2.23. The van der Waals surface area contributed by atoms with E-state index in [9.17, 15) is 9.59 Å². The van der Waals surface area contributed by atoms with Gasteiger partial charge in [-0.25, -0.2) is 0 Å². The van der Waals surface area contributed by atoms with Crippen molar-refractivity contribution in [3.63, 3.8) is 0 Å². The topological polar surface area (TPSA) is 81.5 Å². The van der Waals surface area contributed by atoms with E-state index in [2.05, 4.69) is 0 Å². The van der Waals surface area contributed by atoms with Gasteiger partial charge in [-0.1, -0.05) is 0 Å². The van der Waals surface area contributed by atoms with Crippen molar-refractivity contribution in [2.24, 2.45) is 0 Å². The second-order valence-electron chi connectivity index (χ2n) is 7.41. The van der Waals surface area contributed by atoms with E-state index in [-0.39, 0.29) is 24.4 Å². The van der Waals surface area contributed by atoms with E-state index in [0.717, 1.165) is 5.76 Å². The van der Waals surface area contributed by atoms with Gasteiger partial charge in [0.1, 0.15) is 29.6 Å². The zero-order valence-electron chi connectivity index (χ0n) is 19.1. The lowest BCUT2D eigenvalue weighted by Crippen LogP contribution is -2.46. The normalized spacial score (nSPS) is 10.8. The molecule has 1 aromatic carbocycles. The Morgan fingerprint density at radius 1 is 1.06 bits per heavy atom. The average molecular weight is 433 g/mol. The Morgan fingerprint density at radius 2 is 1.81 bits per heavy atom. The third-order valence-electron chi connectivity index (χ3n) is 4.89. The van der Waals surface area contributed by atoms with Crippen molar-refractivity contribution in [2.45, 2.75) is 33.4 Å². The number of hydrogen-bond donors (Lipinski definition) is 0. The number of methoxy groups -OCH3 is 3. The molecule has 170 valence electrons. The maximum atomic E-state index is 13.3. The minimum Gasteiger partial charge on any atom is -0.497 e. The maximum absolute atomic E-state index is 13.3. The van der Waals surface area contributed by atoms with Gasteiger partial charge in [-0.05, 0) is 45.0 Å². The summed E-state index contributed by atoms with van der Waals surface area (Å²) in [4.78, 5) is 29.6. The van der Waals surface area contributed by atoms with Crippen molar-refractivity contribution in [1.29, 1.82) is 0 Å². The summed E-state index contributed by atoms with van der Waals surface area (Å²) in [5, 5.41) is 0. The SMILES string of the molecule is COCCN(Cc1ccc(C)o1)C(=O)CN(C(=O)c1ccc(OC)cc1OC)C(C)C. The van der Waals surface area contributed by atoms with Crippen LogP contribution in [0, 0.1) is 6.92 Å². The molecule has 0 radical (unpaired) electrons. The Kier molecular flexibility index (Phi) is 8.93. The largest absolute Gasteiger partial charge is 0.497 e. The monoisotopic (exact) mass is 432 g/mol. The van der Waals surface area contributed by atoms with Crippen molar-refractivity contribution in [3.8, 4) is 11.5 Å². The number of ether oxygens (including phenoxy) is 3. The molecular weight excluding hydrogens is 400 g/mol. The zero-order valence-corrected chi connectivity index (χ0v) is 19.1. The van der Waals surface area contributed by atoms with E-state index in [1.54, 1.807) is 37.3 Å². The van der Waals surface area contributed by atoms with Gasteiger partial charge in [0.25, 0.3) is 5.91 Å². The molecule has 2 aromatic rings. The molecule has 8 nitrogen and oxygen atoms in total.